The van der Waals surface area contributed by atoms with E-state index in [1.165, 1.54) is 10.9 Å². The Labute approximate surface area is 106 Å². The van der Waals surface area contributed by atoms with Crippen LogP contribution < -0.4 is 5.73 Å². The number of rotatable bonds is 3. The highest BCUT2D eigenvalue weighted by Gasteiger charge is 2.34. The normalized spacial score (nSPS) is 15.4. The molecule has 0 aliphatic heterocycles. The molecule has 1 unspecified atom stereocenters. The summed E-state index contributed by atoms with van der Waals surface area (Å²) in [7, 11) is 0. The first-order valence-corrected chi connectivity index (χ1v) is 5.68. The molecule has 1 heterocycles. The molecule has 0 radical (unpaired) electrons. The maximum atomic E-state index is 11.9. The summed E-state index contributed by atoms with van der Waals surface area (Å²) in [5, 5.41) is 4.48. The van der Waals surface area contributed by atoms with Gasteiger partial charge in [-0.2, -0.15) is 5.10 Å². The Balaban J connectivity index is 2.71. The maximum absolute atomic E-state index is 11.9. The third-order valence-electron chi connectivity index (χ3n) is 1.96. The number of carbonyl (C=O) groups is 1. The molecule has 0 aromatic carbocycles. The van der Waals surface area contributed by atoms with Gasteiger partial charge in [-0.3, -0.25) is 4.68 Å². The third kappa shape index (κ3) is 4.36. The lowest BCUT2D eigenvalue weighted by Gasteiger charge is -2.28. The molecule has 96 valence electrons. The van der Waals surface area contributed by atoms with Crippen molar-refractivity contribution in [3.05, 3.63) is 17.4 Å². The Kier molecular flexibility index (Phi) is 3.84. The SMILES string of the molecule is CC(C)(C)OC(=O)C(C)(N)Cn1cc(Cl)cn1. The number of halogens is 1. The summed E-state index contributed by atoms with van der Waals surface area (Å²) in [5.74, 6) is -0.461. The fourth-order valence-corrected chi connectivity index (χ4v) is 1.38. The van der Waals surface area contributed by atoms with Gasteiger partial charge in [0.25, 0.3) is 0 Å². The summed E-state index contributed by atoms with van der Waals surface area (Å²) >= 11 is 5.73. The Morgan fingerprint density at radius 3 is 2.53 bits per heavy atom. The maximum Gasteiger partial charge on any atom is 0.328 e. The van der Waals surface area contributed by atoms with Gasteiger partial charge < -0.3 is 10.5 Å². The number of esters is 1. The van der Waals surface area contributed by atoms with Crippen molar-refractivity contribution >= 4 is 17.6 Å². The summed E-state index contributed by atoms with van der Waals surface area (Å²) in [6, 6.07) is 0. The first kappa shape index (κ1) is 14.0. The molecule has 6 heteroatoms. The van der Waals surface area contributed by atoms with Crippen molar-refractivity contribution in [2.75, 3.05) is 0 Å². The lowest BCUT2D eigenvalue weighted by molar-refractivity contribution is -0.161. The summed E-state index contributed by atoms with van der Waals surface area (Å²) in [4.78, 5) is 11.9. The first-order valence-electron chi connectivity index (χ1n) is 5.30. The van der Waals surface area contributed by atoms with Gasteiger partial charge in [0, 0.05) is 6.20 Å². The van der Waals surface area contributed by atoms with Crippen LogP contribution in [0.15, 0.2) is 12.4 Å². The molecule has 0 bridgehead atoms. The number of nitrogens with two attached hydrogens (primary N) is 1. The van der Waals surface area contributed by atoms with Gasteiger partial charge in [0.2, 0.25) is 0 Å². The smallest absolute Gasteiger partial charge is 0.328 e. The lowest BCUT2D eigenvalue weighted by atomic mass is 10.0. The van der Waals surface area contributed by atoms with Gasteiger partial charge in [-0.1, -0.05) is 11.6 Å². The molecule has 0 saturated carbocycles. The van der Waals surface area contributed by atoms with E-state index in [1.807, 2.05) is 0 Å². The first-order chi connectivity index (χ1) is 7.60. The zero-order valence-corrected chi connectivity index (χ0v) is 11.3. The molecule has 5 nitrogen and oxygen atoms in total. The van der Waals surface area contributed by atoms with Crippen molar-refractivity contribution in [2.45, 2.75) is 45.4 Å². The zero-order chi connectivity index (χ0) is 13.3. The number of hydrogen-bond donors (Lipinski definition) is 1. The van der Waals surface area contributed by atoms with Crippen molar-refractivity contribution in [1.82, 2.24) is 9.78 Å². The van der Waals surface area contributed by atoms with E-state index in [9.17, 15) is 4.79 Å². The fraction of sp³-hybridized carbons (Fsp3) is 0.636. The van der Waals surface area contributed by atoms with E-state index in [-0.39, 0.29) is 6.54 Å². The van der Waals surface area contributed by atoms with Crippen LogP contribution in [0.5, 0.6) is 0 Å². The van der Waals surface area contributed by atoms with Crippen molar-refractivity contribution in [3.63, 3.8) is 0 Å². The van der Waals surface area contributed by atoms with E-state index in [0.29, 0.717) is 5.02 Å². The van der Waals surface area contributed by atoms with Crippen molar-refractivity contribution < 1.29 is 9.53 Å². The zero-order valence-electron chi connectivity index (χ0n) is 10.5. The van der Waals surface area contributed by atoms with Crippen LogP contribution in [0.3, 0.4) is 0 Å². The van der Waals surface area contributed by atoms with Gasteiger partial charge in [0.15, 0.2) is 0 Å². The van der Waals surface area contributed by atoms with Gasteiger partial charge in [-0.05, 0) is 27.7 Å². The summed E-state index contributed by atoms with van der Waals surface area (Å²) in [6.07, 6.45) is 3.10. The molecule has 0 aliphatic rings. The number of nitrogens with zero attached hydrogens (tertiary/aromatic N) is 2. The molecule has 0 saturated heterocycles. The molecular weight excluding hydrogens is 242 g/mol. The van der Waals surface area contributed by atoms with E-state index in [0.717, 1.165) is 0 Å². The number of carbonyl (C=O) groups excluding carboxylic acids is 1. The minimum absolute atomic E-state index is 0.217. The second kappa shape index (κ2) is 4.66. The molecule has 0 spiro atoms. The molecule has 0 aliphatic carbocycles. The quantitative estimate of drug-likeness (QED) is 0.837. The lowest BCUT2D eigenvalue weighted by Crippen LogP contribution is -2.51. The summed E-state index contributed by atoms with van der Waals surface area (Å²) < 4.78 is 6.76. The molecule has 1 rings (SSSR count). The molecule has 1 aromatic rings. The highest BCUT2D eigenvalue weighted by atomic mass is 35.5. The van der Waals surface area contributed by atoms with Crippen LogP contribution >= 0.6 is 11.6 Å². The summed E-state index contributed by atoms with van der Waals surface area (Å²) in [6.45, 7) is 7.22. The molecule has 1 atom stereocenters. The minimum atomic E-state index is -1.14. The number of aromatic nitrogens is 2. The second-order valence-electron chi connectivity index (χ2n) is 5.28. The number of ether oxygens (including phenoxy) is 1. The van der Waals surface area contributed by atoms with E-state index >= 15 is 0 Å². The molecule has 17 heavy (non-hydrogen) atoms. The molecule has 0 amide bonds. The van der Waals surface area contributed by atoms with Crippen LogP contribution in [0.25, 0.3) is 0 Å². The highest BCUT2D eigenvalue weighted by Crippen LogP contribution is 2.15. The Morgan fingerprint density at radius 1 is 1.53 bits per heavy atom. The average molecular weight is 260 g/mol. The monoisotopic (exact) mass is 259 g/mol. The fourth-order valence-electron chi connectivity index (χ4n) is 1.22. The van der Waals surface area contributed by atoms with Crippen molar-refractivity contribution in [2.24, 2.45) is 5.73 Å². The topological polar surface area (TPSA) is 70.1 Å². The van der Waals surface area contributed by atoms with Crippen molar-refractivity contribution in [1.29, 1.82) is 0 Å². The van der Waals surface area contributed by atoms with Crippen LogP contribution in [-0.2, 0) is 16.1 Å². The predicted octanol–water partition coefficient (Wildman–Crippen LogP) is 1.60. The van der Waals surface area contributed by atoms with E-state index in [2.05, 4.69) is 5.10 Å². The van der Waals surface area contributed by atoms with Gasteiger partial charge in [-0.25, -0.2) is 4.79 Å². The van der Waals surface area contributed by atoms with Crippen LogP contribution in [-0.4, -0.2) is 26.9 Å². The minimum Gasteiger partial charge on any atom is -0.459 e. The van der Waals surface area contributed by atoms with E-state index < -0.39 is 17.1 Å². The Morgan fingerprint density at radius 2 is 2.12 bits per heavy atom. The molecule has 1 aromatic heterocycles. The van der Waals surface area contributed by atoms with Crippen LogP contribution in [0.1, 0.15) is 27.7 Å². The predicted molar refractivity (Wildman–Crippen MR) is 65.7 cm³/mol. The van der Waals surface area contributed by atoms with Gasteiger partial charge in [-0.15, -0.1) is 0 Å². The van der Waals surface area contributed by atoms with Crippen LogP contribution in [0.2, 0.25) is 5.02 Å². The third-order valence-corrected chi connectivity index (χ3v) is 2.15. The van der Waals surface area contributed by atoms with Gasteiger partial charge >= 0.3 is 5.97 Å². The largest absolute Gasteiger partial charge is 0.459 e. The standard InChI is InChI=1S/C11H18ClN3O2/c1-10(2,3)17-9(16)11(4,13)7-15-6-8(12)5-14-15/h5-6H,7,13H2,1-4H3. The Bertz CT molecular complexity index is 407. The van der Waals surface area contributed by atoms with Crippen LogP contribution in [0.4, 0.5) is 0 Å². The molecular formula is C11H18ClN3O2. The van der Waals surface area contributed by atoms with E-state index in [4.69, 9.17) is 22.1 Å². The van der Waals surface area contributed by atoms with Crippen molar-refractivity contribution in [3.8, 4) is 0 Å². The van der Waals surface area contributed by atoms with Crippen LogP contribution in [0, 0.1) is 0 Å². The van der Waals surface area contributed by atoms with Gasteiger partial charge in [0.05, 0.1) is 17.8 Å². The average Bonchev–Trinajstić information content (AvgIpc) is 2.47. The van der Waals surface area contributed by atoms with E-state index in [1.54, 1.807) is 33.9 Å². The molecule has 0 fully saturated rings. The Hall–Kier alpha value is -1.07. The second-order valence-corrected chi connectivity index (χ2v) is 5.71. The van der Waals surface area contributed by atoms with Gasteiger partial charge in [0.1, 0.15) is 11.1 Å². The highest BCUT2D eigenvalue weighted by molar-refractivity contribution is 6.30. The number of hydrogen-bond acceptors (Lipinski definition) is 4. The summed E-state index contributed by atoms with van der Waals surface area (Å²) in [5.41, 5.74) is 4.24. The molecule has 2 N–H and O–H groups in total.